The van der Waals surface area contributed by atoms with Crippen LogP contribution >= 0.6 is 11.8 Å². The molecule has 1 saturated carbocycles. The third-order valence-electron chi connectivity index (χ3n) is 2.82. The van der Waals surface area contributed by atoms with E-state index in [1.807, 2.05) is 0 Å². The molecule has 0 unspecified atom stereocenters. The van der Waals surface area contributed by atoms with Gasteiger partial charge in [0, 0.05) is 17.8 Å². The quantitative estimate of drug-likeness (QED) is 0.771. The highest BCUT2D eigenvalue weighted by atomic mass is 32.2. The van der Waals surface area contributed by atoms with E-state index >= 15 is 0 Å². The van der Waals surface area contributed by atoms with Gasteiger partial charge in [-0.3, -0.25) is 9.79 Å². The highest BCUT2D eigenvalue weighted by Crippen LogP contribution is 2.19. The van der Waals surface area contributed by atoms with E-state index in [9.17, 15) is 4.79 Å². The molecule has 1 aliphatic heterocycles. The Labute approximate surface area is 101 Å². The second kappa shape index (κ2) is 5.08. The Morgan fingerprint density at radius 1 is 1.62 bits per heavy atom. The van der Waals surface area contributed by atoms with Crippen LogP contribution in [0.5, 0.6) is 0 Å². The Morgan fingerprint density at radius 3 is 2.94 bits per heavy atom. The average molecular weight is 241 g/mol. The van der Waals surface area contributed by atoms with E-state index in [1.54, 1.807) is 11.8 Å². The van der Waals surface area contributed by atoms with E-state index in [0.717, 1.165) is 23.8 Å². The minimum absolute atomic E-state index is 0.0467. The molecule has 4 nitrogen and oxygen atoms in total. The number of amides is 1. The SMILES string of the molecule is CC(C)[C@H]1CSC(=NCC(=O)NC2CC2)N1. The van der Waals surface area contributed by atoms with Gasteiger partial charge in [0.05, 0.1) is 0 Å². The summed E-state index contributed by atoms with van der Waals surface area (Å²) in [5.74, 6) is 1.71. The fourth-order valence-electron chi connectivity index (χ4n) is 1.51. The fraction of sp³-hybridized carbons (Fsp3) is 0.818. The molecule has 2 fully saturated rings. The van der Waals surface area contributed by atoms with Gasteiger partial charge < -0.3 is 10.6 Å². The molecule has 0 radical (unpaired) electrons. The van der Waals surface area contributed by atoms with Crippen LogP contribution in [0.4, 0.5) is 0 Å². The summed E-state index contributed by atoms with van der Waals surface area (Å²) < 4.78 is 0. The van der Waals surface area contributed by atoms with Crippen molar-refractivity contribution in [2.45, 2.75) is 38.8 Å². The van der Waals surface area contributed by atoms with Crippen molar-refractivity contribution in [1.29, 1.82) is 0 Å². The molecule has 1 aliphatic carbocycles. The molecule has 1 atom stereocenters. The molecule has 1 amide bonds. The summed E-state index contributed by atoms with van der Waals surface area (Å²) in [5, 5.41) is 7.20. The summed E-state index contributed by atoms with van der Waals surface area (Å²) in [4.78, 5) is 15.7. The third kappa shape index (κ3) is 3.40. The van der Waals surface area contributed by atoms with Crippen molar-refractivity contribution in [2.75, 3.05) is 12.3 Å². The predicted octanol–water partition coefficient (Wildman–Crippen LogP) is 0.982. The van der Waals surface area contributed by atoms with Crippen molar-refractivity contribution < 1.29 is 4.79 Å². The Bertz CT molecular complexity index is 300. The molecule has 0 aromatic rings. The molecular formula is C11H19N3OS. The zero-order valence-electron chi connectivity index (χ0n) is 9.82. The molecule has 0 spiro atoms. The summed E-state index contributed by atoms with van der Waals surface area (Å²) in [5.41, 5.74) is 0. The highest BCUT2D eigenvalue weighted by molar-refractivity contribution is 8.14. The lowest BCUT2D eigenvalue weighted by molar-refractivity contribution is -0.119. The second-order valence-electron chi connectivity index (χ2n) is 4.77. The Kier molecular flexibility index (Phi) is 3.74. The number of hydrogen-bond acceptors (Lipinski definition) is 3. The number of nitrogens with zero attached hydrogens (tertiary/aromatic N) is 1. The van der Waals surface area contributed by atoms with Crippen LogP contribution in [-0.4, -0.2) is 35.5 Å². The van der Waals surface area contributed by atoms with Crippen molar-refractivity contribution in [3.05, 3.63) is 0 Å². The molecule has 2 rings (SSSR count). The predicted molar refractivity (Wildman–Crippen MR) is 67.7 cm³/mol. The van der Waals surface area contributed by atoms with Gasteiger partial charge in [-0.05, 0) is 18.8 Å². The molecule has 90 valence electrons. The van der Waals surface area contributed by atoms with Gasteiger partial charge in [0.25, 0.3) is 0 Å². The van der Waals surface area contributed by atoms with E-state index in [1.165, 1.54) is 0 Å². The average Bonchev–Trinajstić information content (AvgIpc) is 2.91. The second-order valence-corrected chi connectivity index (χ2v) is 5.78. The normalized spacial score (nSPS) is 27.2. The van der Waals surface area contributed by atoms with E-state index in [2.05, 4.69) is 29.5 Å². The molecular weight excluding hydrogens is 222 g/mol. The van der Waals surface area contributed by atoms with Gasteiger partial charge in [-0.25, -0.2) is 0 Å². The van der Waals surface area contributed by atoms with Crippen molar-refractivity contribution in [1.82, 2.24) is 10.6 Å². The van der Waals surface area contributed by atoms with E-state index in [0.29, 0.717) is 18.0 Å². The standard InChI is InChI=1S/C11H19N3OS/c1-7(2)9-6-16-11(14-9)12-5-10(15)13-8-3-4-8/h7-9H,3-6H2,1-2H3,(H,12,14)(H,13,15)/t9-/m1/s1. The van der Waals surface area contributed by atoms with Gasteiger partial charge in [-0.15, -0.1) is 0 Å². The minimum Gasteiger partial charge on any atom is -0.361 e. The van der Waals surface area contributed by atoms with Crippen molar-refractivity contribution in [3.63, 3.8) is 0 Å². The Balaban J connectivity index is 1.73. The molecule has 0 aromatic heterocycles. The number of rotatable bonds is 4. The zero-order chi connectivity index (χ0) is 11.5. The molecule has 5 heteroatoms. The number of amidine groups is 1. The van der Waals surface area contributed by atoms with Crippen molar-refractivity contribution in [2.24, 2.45) is 10.9 Å². The van der Waals surface area contributed by atoms with Crippen LogP contribution in [0.2, 0.25) is 0 Å². The molecule has 16 heavy (non-hydrogen) atoms. The number of hydrogen-bond donors (Lipinski definition) is 2. The Morgan fingerprint density at radius 2 is 2.38 bits per heavy atom. The first kappa shape index (κ1) is 11.8. The summed E-state index contributed by atoms with van der Waals surface area (Å²) in [7, 11) is 0. The zero-order valence-corrected chi connectivity index (χ0v) is 10.6. The van der Waals surface area contributed by atoms with Crippen LogP contribution in [-0.2, 0) is 4.79 Å². The lowest BCUT2D eigenvalue weighted by atomic mass is 10.1. The summed E-state index contributed by atoms with van der Waals surface area (Å²) >= 11 is 1.71. The number of nitrogens with one attached hydrogen (secondary N) is 2. The Hall–Kier alpha value is -0.710. The van der Waals surface area contributed by atoms with Gasteiger partial charge in [-0.1, -0.05) is 25.6 Å². The molecule has 1 heterocycles. The lowest BCUT2D eigenvalue weighted by Gasteiger charge is -2.13. The number of thioether (sulfide) groups is 1. The number of carbonyl (C=O) groups is 1. The topological polar surface area (TPSA) is 53.5 Å². The maximum Gasteiger partial charge on any atom is 0.241 e. The van der Waals surface area contributed by atoms with Crippen LogP contribution in [0.1, 0.15) is 26.7 Å². The van der Waals surface area contributed by atoms with Gasteiger partial charge in [-0.2, -0.15) is 0 Å². The molecule has 1 saturated heterocycles. The van der Waals surface area contributed by atoms with Crippen LogP contribution < -0.4 is 10.6 Å². The molecule has 0 aromatic carbocycles. The minimum atomic E-state index is 0.0467. The van der Waals surface area contributed by atoms with Crippen LogP contribution in [0, 0.1) is 5.92 Å². The summed E-state index contributed by atoms with van der Waals surface area (Å²) in [6.07, 6.45) is 2.26. The largest absolute Gasteiger partial charge is 0.361 e. The first-order chi connectivity index (χ1) is 7.65. The first-order valence-electron chi connectivity index (χ1n) is 5.88. The molecule has 2 N–H and O–H groups in total. The number of carbonyl (C=O) groups excluding carboxylic acids is 1. The van der Waals surface area contributed by atoms with Gasteiger partial charge >= 0.3 is 0 Å². The van der Waals surface area contributed by atoms with E-state index in [4.69, 9.17) is 0 Å². The fourth-order valence-corrected chi connectivity index (χ4v) is 2.70. The summed E-state index contributed by atoms with van der Waals surface area (Å²) in [6, 6.07) is 0.926. The highest BCUT2D eigenvalue weighted by Gasteiger charge is 2.24. The first-order valence-corrected chi connectivity index (χ1v) is 6.87. The van der Waals surface area contributed by atoms with Crippen LogP contribution in [0.15, 0.2) is 4.99 Å². The number of aliphatic imine (C=N–C) groups is 1. The third-order valence-corrected chi connectivity index (χ3v) is 3.87. The monoisotopic (exact) mass is 241 g/mol. The van der Waals surface area contributed by atoms with Gasteiger partial charge in [0.2, 0.25) is 5.91 Å². The summed E-state index contributed by atoms with van der Waals surface area (Å²) in [6.45, 7) is 4.65. The maximum atomic E-state index is 11.4. The van der Waals surface area contributed by atoms with Gasteiger partial charge in [0.15, 0.2) is 5.17 Å². The molecule has 0 bridgehead atoms. The van der Waals surface area contributed by atoms with E-state index < -0.39 is 0 Å². The smallest absolute Gasteiger partial charge is 0.241 e. The van der Waals surface area contributed by atoms with Crippen molar-refractivity contribution >= 4 is 22.8 Å². The van der Waals surface area contributed by atoms with Gasteiger partial charge in [0.1, 0.15) is 6.54 Å². The van der Waals surface area contributed by atoms with Crippen LogP contribution in [0.25, 0.3) is 0 Å². The van der Waals surface area contributed by atoms with E-state index in [-0.39, 0.29) is 12.5 Å². The van der Waals surface area contributed by atoms with Crippen molar-refractivity contribution in [3.8, 4) is 0 Å². The van der Waals surface area contributed by atoms with Crippen LogP contribution in [0.3, 0.4) is 0 Å². The molecule has 2 aliphatic rings. The lowest BCUT2D eigenvalue weighted by Crippen LogP contribution is -2.33. The maximum absolute atomic E-state index is 11.4.